The van der Waals surface area contributed by atoms with Crippen LogP contribution in [0.25, 0.3) is 0 Å². The van der Waals surface area contributed by atoms with Gasteiger partial charge in [0.15, 0.2) is 0 Å². The molecule has 20 heavy (non-hydrogen) atoms. The molecular formula is C15H15Cl2NO2. The summed E-state index contributed by atoms with van der Waals surface area (Å²) in [5.74, 6) is 1.30. The molecule has 0 aliphatic rings. The molecule has 2 aromatic rings. The molecule has 1 atom stereocenters. The highest BCUT2D eigenvalue weighted by atomic mass is 35.5. The van der Waals surface area contributed by atoms with Gasteiger partial charge in [-0.15, -0.1) is 0 Å². The van der Waals surface area contributed by atoms with Crippen LogP contribution >= 0.6 is 23.2 Å². The van der Waals surface area contributed by atoms with Crippen molar-refractivity contribution in [3.63, 3.8) is 0 Å². The summed E-state index contributed by atoms with van der Waals surface area (Å²) in [6, 6.07) is 12.8. The highest BCUT2D eigenvalue weighted by molar-refractivity contribution is 6.42. The van der Waals surface area contributed by atoms with Crippen LogP contribution in [-0.2, 0) is 0 Å². The van der Waals surface area contributed by atoms with Crippen molar-refractivity contribution >= 4 is 23.2 Å². The molecule has 2 N–H and O–H groups in total. The van der Waals surface area contributed by atoms with Crippen LogP contribution in [0.15, 0.2) is 42.5 Å². The van der Waals surface area contributed by atoms with Crippen molar-refractivity contribution in [2.24, 2.45) is 5.73 Å². The zero-order valence-corrected chi connectivity index (χ0v) is 12.5. The molecule has 0 heterocycles. The summed E-state index contributed by atoms with van der Waals surface area (Å²) in [5.41, 5.74) is 6.73. The van der Waals surface area contributed by atoms with Crippen molar-refractivity contribution in [2.75, 3.05) is 13.7 Å². The molecule has 0 aliphatic heterocycles. The van der Waals surface area contributed by atoms with E-state index in [0.717, 1.165) is 11.3 Å². The first-order chi connectivity index (χ1) is 9.65. The van der Waals surface area contributed by atoms with Crippen LogP contribution in [-0.4, -0.2) is 13.7 Å². The van der Waals surface area contributed by atoms with E-state index in [4.69, 9.17) is 38.4 Å². The second-order valence-electron chi connectivity index (χ2n) is 4.17. The second kappa shape index (κ2) is 6.84. The van der Waals surface area contributed by atoms with Gasteiger partial charge in [0.1, 0.15) is 22.6 Å². The van der Waals surface area contributed by atoms with Crippen LogP contribution in [0, 0.1) is 0 Å². The fourth-order valence-corrected chi connectivity index (χ4v) is 2.14. The predicted octanol–water partition coefficient (Wildman–Crippen LogP) is 4.08. The summed E-state index contributed by atoms with van der Waals surface area (Å²) >= 11 is 12.1. The third-order valence-corrected chi connectivity index (χ3v) is 3.69. The minimum atomic E-state index is -0.295. The van der Waals surface area contributed by atoms with E-state index in [1.54, 1.807) is 25.3 Å². The van der Waals surface area contributed by atoms with Gasteiger partial charge < -0.3 is 15.2 Å². The smallest absolute Gasteiger partial charge is 0.140 e. The summed E-state index contributed by atoms with van der Waals surface area (Å²) in [4.78, 5) is 0. The normalized spacial score (nSPS) is 12.0. The Morgan fingerprint density at radius 3 is 2.40 bits per heavy atom. The first kappa shape index (κ1) is 15.0. The number of nitrogens with two attached hydrogens (primary N) is 1. The molecule has 0 fully saturated rings. The van der Waals surface area contributed by atoms with Gasteiger partial charge in [0.2, 0.25) is 0 Å². The van der Waals surface area contributed by atoms with Crippen molar-refractivity contribution in [2.45, 2.75) is 6.10 Å². The van der Waals surface area contributed by atoms with E-state index < -0.39 is 0 Å². The molecule has 0 saturated carbocycles. The predicted molar refractivity (Wildman–Crippen MR) is 81.9 cm³/mol. The van der Waals surface area contributed by atoms with Gasteiger partial charge in [0.25, 0.3) is 0 Å². The van der Waals surface area contributed by atoms with Gasteiger partial charge in [-0.25, -0.2) is 0 Å². The fraction of sp³-hybridized carbons (Fsp3) is 0.200. The Bertz CT molecular complexity index is 573. The quantitative estimate of drug-likeness (QED) is 0.904. The molecule has 3 nitrogen and oxygen atoms in total. The zero-order valence-electron chi connectivity index (χ0n) is 11.0. The summed E-state index contributed by atoms with van der Waals surface area (Å²) in [6.45, 7) is 0.329. The van der Waals surface area contributed by atoms with E-state index in [0.29, 0.717) is 22.3 Å². The van der Waals surface area contributed by atoms with Gasteiger partial charge >= 0.3 is 0 Å². The number of ether oxygens (including phenoxy) is 2. The van der Waals surface area contributed by atoms with E-state index in [1.165, 1.54) is 0 Å². The van der Waals surface area contributed by atoms with Crippen LogP contribution in [0.1, 0.15) is 11.7 Å². The second-order valence-corrected chi connectivity index (χ2v) is 4.95. The van der Waals surface area contributed by atoms with Gasteiger partial charge in [-0.3, -0.25) is 0 Å². The standard InChI is InChI=1S/C15H15Cl2NO2/c1-19-11-7-5-10(6-8-11)14(9-18)20-13-4-2-3-12(16)15(13)17/h2-8,14H,9,18H2,1H3. The lowest BCUT2D eigenvalue weighted by Crippen LogP contribution is -2.18. The van der Waals surface area contributed by atoms with Crippen LogP contribution in [0.5, 0.6) is 11.5 Å². The van der Waals surface area contributed by atoms with Crippen LogP contribution in [0.4, 0.5) is 0 Å². The molecule has 0 spiro atoms. The molecule has 0 bridgehead atoms. The highest BCUT2D eigenvalue weighted by Crippen LogP contribution is 2.34. The van der Waals surface area contributed by atoms with E-state index in [2.05, 4.69) is 0 Å². The topological polar surface area (TPSA) is 44.5 Å². The molecule has 0 aliphatic carbocycles. The number of hydrogen-bond acceptors (Lipinski definition) is 3. The Kier molecular flexibility index (Phi) is 5.12. The Labute approximate surface area is 128 Å². The Morgan fingerprint density at radius 1 is 1.10 bits per heavy atom. The first-order valence-electron chi connectivity index (χ1n) is 6.10. The molecule has 0 radical (unpaired) electrons. The number of methoxy groups -OCH3 is 1. The van der Waals surface area contributed by atoms with Crippen molar-refractivity contribution in [3.05, 3.63) is 58.1 Å². The molecule has 0 saturated heterocycles. The van der Waals surface area contributed by atoms with Crippen LogP contribution in [0.3, 0.4) is 0 Å². The zero-order chi connectivity index (χ0) is 14.5. The first-order valence-corrected chi connectivity index (χ1v) is 6.86. The molecular weight excluding hydrogens is 297 g/mol. The van der Waals surface area contributed by atoms with Gasteiger partial charge in [-0.05, 0) is 29.8 Å². The molecule has 2 aromatic carbocycles. The van der Waals surface area contributed by atoms with E-state index in [9.17, 15) is 0 Å². The Balaban J connectivity index is 2.21. The van der Waals surface area contributed by atoms with Gasteiger partial charge in [0, 0.05) is 6.54 Å². The lowest BCUT2D eigenvalue weighted by atomic mass is 10.1. The number of halogens is 2. The molecule has 2 rings (SSSR count). The largest absolute Gasteiger partial charge is 0.497 e. The van der Waals surface area contributed by atoms with Crippen LogP contribution < -0.4 is 15.2 Å². The van der Waals surface area contributed by atoms with Crippen molar-refractivity contribution < 1.29 is 9.47 Å². The van der Waals surface area contributed by atoms with Crippen molar-refractivity contribution in [3.8, 4) is 11.5 Å². The minimum absolute atomic E-state index is 0.295. The SMILES string of the molecule is COc1ccc(C(CN)Oc2cccc(Cl)c2Cl)cc1. The molecule has 0 amide bonds. The minimum Gasteiger partial charge on any atom is -0.497 e. The maximum atomic E-state index is 6.11. The number of rotatable bonds is 5. The molecule has 0 aromatic heterocycles. The third-order valence-electron chi connectivity index (χ3n) is 2.89. The van der Waals surface area contributed by atoms with Crippen LogP contribution in [0.2, 0.25) is 10.0 Å². The summed E-state index contributed by atoms with van der Waals surface area (Å²) < 4.78 is 11.0. The maximum absolute atomic E-state index is 6.11. The van der Waals surface area contributed by atoms with Crippen molar-refractivity contribution in [1.82, 2.24) is 0 Å². The van der Waals surface area contributed by atoms with E-state index in [-0.39, 0.29) is 6.10 Å². The maximum Gasteiger partial charge on any atom is 0.140 e. The molecule has 1 unspecified atom stereocenters. The average molecular weight is 312 g/mol. The van der Waals surface area contributed by atoms with E-state index >= 15 is 0 Å². The highest BCUT2D eigenvalue weighted by Gasteiger charge is 2.14. The average Bonchev–Trinajstić information content (AvgIpc) is 2.49. The van der Waals surface area contributed by atoms with Gasteiger partial charge in [0.05, 0.1) is 12.1 Å². The van der Waals surface area contributed by atoms with Gasteiger partial charge in [-0.1, -0.05) is 41.4 Å². The monoisotopic (exact) mass is 311 g/mol. The third kappa shape index (κ3) is 3.37. The van der Waals surface area contributed by atoms with E-state index in [1.807, 2.05) is 24.3 Å². The fourth-order valence-electron chi connectivity index (χ4n) is 1.80. The Morgan fingerprint density at radius 2 is 1.80 bits per heavy atom. The molecule has 106 valence electrons. The Hall–Kier alpha value is -1.42. The number of benzene rings is 2. The summed E-state index contributed by atoms with van der Waals surface area (Å²) in [7, 11) is 1.62. The molecule has 5 heteroatoms. The van der Waals surface area contributed by atoms with Crippen molar-refractivity contribution in [1.29, 1.82) is 0 Å². The lowest BCUT2D eigenvalue weighted by Gasteiger charge is -2.19. The summed E-state index contributed by atoms with van der Waals surface area (Å²) in [6.07, 6.45) is -0.295. The number of hydrogen-bond donors (Lipinski definition) is 1. The van der Waals surface area contributed by atoms with Gasteiger partial charge in [-0.2, -0.15) is 0 Å². The lowest BCUT2D eigenvalue weighted by molar-refractivity contribution is 0.214. The summed E-state index contributed by atoms with van der Waals surface area (Å²) in [5, 5.41) is 0.843.